The van der Waals surface area contributed by atoms with Crippen LogP contribution in [-0.4, -0.2) is 17.4 Å². The van der Waals surface area contributed by atoms with Crippen molar-refractivity contribution in [2.24, 2.45) is 5.41 Å². The van der Waals surface area contributed by atoms with Gasteiger partial charge in [0.2, 0.25) is 0 Å². The Balaban J connectivity index is 2.12. The van der Waals surface area contributed by atoms with E-state index in [-0.39, 0.29) is 16.7 Å². The summed E-state index contributed by atoms with van der Waals surface area (Å²) in [5.41, 5.74) is -0.485. The molecule has 0 saturated heterocycles. The number of nitro benzene ring substituents is 1. The molecular weight excluding hydrogens is 263 g/mol. The second kappa shape index (κ2) is 5.56. The zero-order valence-corrected chi connectivity index (χ0v) is 11.3. The maximum atomic E-state index is 13.2. The minimum Gasteiger partial charge on any atom is -0.351 e. The number of carbonyl (C=O) groups excluding carboxylic acids is 1. The summed E-state index contributed by atoms with van der Waals surface area (Å²) in [6.07, 6.45) is 4.20. The lowest BCUT2D eigenvalue weighted by Gasteiger charge is -2.41. The van der Waals surface area contributed by atoms with Crippen molar-refractivity contribution < 1.29 is 14.1 Å². The zero-order valence-electron chi connectivity index (χ0n) is 11.3. The van der Waals surface area contributed by atoms with Crippen LogP contribution in [0.2, 0.25) is 0 Å². The highest BCUT2D eigenvalue weighted by Crippen LogP contribution is 2.43. The van der Waals surface area contributed by atoms with Crippen molar-refractivity contribution in [2.45, 2.75) is 32.6 Å². The number of halogens is 1. The van der Waals surface area contributed by atoms with E-state index in [0.717, 1.165) is 43.9 Å². The van der Waals surface area contributed by atoms with Gasteiger partial charge in [0.05, 0.1) is 4.92 Å². The molecule has 0 unspecified atom stereocenters. The summed E-state index contributed by atoms with van der Waals surface area (Å²) < 4.78 is 13.2. The van der Waals surface area contributed by atoms with Crippen molar-refractivity contribution in [3.8, 4) is 0 Å². The van der Waals surface area contributed by atoms with E-state index in [0.29, 0.717) is 6.54 Å². The van der Waals surface area contributed by atoms with Crippen LogP contribution in [0.1, 0.15) is 43.0 Å². The third-order valence-corrected chi connectivity index (χ3v) is 4.19. The lowest BCUT2D eigenvalue weighted by atomic mass is 9.67. The fourth-order valence-electron chi connectivity index (χ4n) is 2.54. The van der Waals surface area contributed by atoms with E-state index in [4.69, 9.17) is 0 Å². The molecular formula is C14H17FN2O3. The number of nitrogens with zero attached hydrogens (tertiary/aromatic N) is 1. The predicted octanol–water partition coefficient (Wildman–Crippen LogP) is 3.04. The molecule has 108 valence electrons. The molecule has 1 aromatic carbocycles. The van der Waals surface area contributed by atoms with Gasteiger partial charge < -0.3 is 5.32 Å². The van der Waals surface area contributed by atoms with Gasteiger partial charge in [0, 0.05) is 12.6 Å². The Morgan fingerprint density at radius 3 is 2.70 bits per heavy atom. The van der Waals surface area contributed by atoms with Gasteiger partial charge in [-0.15, -0.1) is 0 Å². The van der Waals surface area contributed by atoms with Crippen molar-refractivity contribution >= 4 is 11.6 Å². The zero-order chi connectivity index (χ0) is 14.8. The van der Waals surface area contributed by atoms with Crippen LogP contribution in [0.5, 0.6) is 0 Å². The Kier molecular flexibility index (Phi) is 4.01. The first-order valence-electron chi connectivity index (χ1n) is 6.69. The van der Waals surface area contributed by atoms with Crippen LogP contribution in [0.3, 0.4) is 0 Å². The van der Waals surface area contributed by atoms with Gasteiger partial charge in [-0.2, -0.15) is 0 Å². The molecule has 1 fully saturated rings. The van der Waals surface area contributed by atoms with Crippen molar-refractivity contribution in [1.29, 1.82) is 0 Å². The quantitative estimate of drug-likeness (QED) is 0.665. The fourth-order valence-corrected chi connectivity index (χ4v) is 2.54. The lowest BCUT2D eigenvalue weighted by molar-refractivity contribution is -0.385. The van der Waals surface area contributed by atoms with Gasteiger partial charge in [0.25, 0.3) is 11.6 Å². The molecule has 1 aliphatic rings. The second-order valence-corrected chi connectivity index (χ2v) is 5.31. The molecule has 6 heteroatoms. The molecule has 20 heavy (non-hydrogen) atoms. The highest BCUT2D eigenvalue weighted by Gasteiger charge is 2.35. The molecule has 0 radical (unpaired) electrons. The van der Waals surface area contributed by atoms with E-state index >= 15 is 0 Å². The van der Waals surface area contributed by atoms with Crippen molar-refractivity contribution in [3.05, 3.63) is 39.7 Å². The van der Waals surface area contributed by atoms with Crippen molar-refractivity contribution in [1.82, 2.24) is 5.32 Å². The highest BCUT2D eigenvalue weighted by molar-refractivity contribution is 5.98. The van der Waals surface area contributed by atoms with E-state index in [2.05, 4.69) is 12.2 Å². The monoisotopic (exact) mass is 280 g/mol. The number of carbonyl (C=O) groups is 1. The van der Waals surface area contributed by atoms with Gasteiger partial charge in [-0.25, -0.2) is 4.39 Å². The fraction of sp³-hybridized carbons (Fsp3) is 0.500. The molecule has 0 atom stereocenters. The molecule has 0 spiro atoms. The van der Waals surface area contributed by atoms with Crippen LogP contribution in [0.4, 0.5) is 10.1 Å². The Hall–Kier alpha value is -1.98. The number of nitrogens with one attached hydrogen (secondary N) is 1. The lowest BCUT2D eigenvalue weighted by Crippen LogP contribution is -2.41. The Labute approximate surface area is 116 Å². The standard InChI is InChI=1S/C14H17FN2O3/c1-2-14(6-3-7-14)9-16-13(18)11-8-10(15)4-5-12(11)17(19)20/h4-5,8H,2-3,6-7,9H2,1H3,(H,16,18). The van der Waals surface area contributed by atoms with Gasteiger partial charge in [-0.1, -0.05) is 13.3 Å². The molecule has 1 aromatic rings. The summed E-state index contributed by atoms with van der Waals surface area (Å²) in [5, 5.41) is 13.6. The third-order valence-electron chi connectivity index (χ3n) is 4.19. The molecule has 0 aliphatic heterocycles. The average molecular weight is 280 g/mol. The van der Waals surface area contributed by atoms with E-state index in [1.807, 2.05) is 0 Å². The van der Waals surface area contributed by atoms with Gasteiger partial charge in [-0.3, -0.25) is 14.9 Å². The molecule has 5 nitrogen and oxygen atoms in total. The maximum absolute atomic E-state index is 13.2. The van der Waals surface area contributed by atoms with Crippen LogP contribution in [0.25, 0.3) is 0 Å². The number of rotatable bonds is 5. The SMILES string of the molecule is CCC1(CNC(=O)c2cc(F)ccc2[N+](=O)[O-])CCC1. The summed E-state index contributed by atoms with van der Waals surface area (Å²) in [4.78, 5) is 22.2. The van der Waals surface area contributed by atoms with Crippen LogP contribution in [0.15, 0.2) is 18.2 Å². The maximum Gasteiger partial charge on any atom is 0.282 e. The highest BCUT2D eigenvalue weighted by atomic mass is 19.1. The number of nitro groups is 1. The first kappa shape index (κ1) is 14.4. The first-order chi connectivity index (χ1) is 9.47. The van der Waals surface area contributed by atoms with Gasteiger partial charge in [0.15, 0.2) is 0 Å². The van der Waals surface area contributed by atoms with Crippen molar-refractivity contribution in [3.63, 3.8) is 0 Å². The number of amides is 1. The van der Waals surface area contributed by atoms with Crippen LogP contribution >= 0.6 is 0 Å². The van der Waals surface area contributed by atoms with Gasteiger partial charge in [0.1, 0.15) is 11.4 Å². The van der Waals surface area contributed by atoms with Crippen LogP contribution in [0, 0.1) is 21.3 Å². The topological polar surface area (TPSA) is 72.2 Å². The minimum atomic E-state index is -0.673. The molecule has 1 saturated carbocycles. The third kappa shape index (κ3) is 2.79. The summed E-state index contributed by atoms with van der Waals surface area (Å²) in [7, 11) is 0. The van der Waals surface area contributed by atoms with E-state index in [9.17, 15) is 19.3 Å². The van der Waals surface area contributed by atoms with Gasteiger partial charge >= 0.3 is 0 Å². The van der Waals surface area contributed by atoms with Crippen LogP contribution in [-0.2, 0) is 0 Å². The van der Waals surface area contributed by atoms with Crippen molar-refractivity contribution in [2.75, 3.05) is 6.54 Å². The largest absolute Gasteiger partial charge is 0.351 e. The average Bonchev–Trinajstić information content (AvgIpc) is 2.37. The predicted molar refractivity (Wildman–Crippen MR) is 72.0 cm³/mol. The second-order valence-electron chi connectivity index (χ2n) is 5.31. The van der Waals surface area contributed by atoms with Gasteiger partial charge in [-0.05, 0) is 36.8 Å². The number of benzene rings is 1. The normalized spacial score (nSPS) is 16.3. The smallest absolute Gasteiger partial charge is 0.282 e. The Morgan fingerprint density at radius 1 is 1.50 bits per heavy atom. The molecule has 1 aliphatic carbocycles. The summed E-state index contributed by atoms with van der Waals surface area (Å²) in [6, 6.07) is 2.91. The summed E-state index contributed by atoms with van der Waals surface area (Å²) in [5.74, 6) is -1.24. The molecule has 1 amide bonds. The molecule has 1 N–H and O–H groups in total. The first-order valence-corrected chi connectivity index (χ1v) is 6.69. The Bertz CT molecular complexity index is 536. The Morgan fingerprint density at radius 2 is 2.20 bits per heavy atom. The minimum absolute atomic E-state index is 0.109. The molecule has 0 bridgehead atoms. The van der Waals surface area contributed by atoms with E-state index in [1.54, 1.807) is 0 Å². The summed E-state index contributed by atoms with van der Waals surface area (Å²) >= 11 is 0. The summed E-state index contributed by atoms with van der Waals surface area (Å²) in [6.45, 7) is 2.55. The molecule has 2 rings (SSSR count). The molecule has 0 aromatic heterocycles. The molecule has 0 heterocycles. The van der Waals surface area contributed by atoms with E-state index < -0.39 is 16.6 Å². The number of hydrogen-bond acceptors (Lipinski definition) is 3. The van der Waals surface area contributed by atoms with E-state index in [1.165, 1.54) is 0 Å². The number of hydrogen-bond donors (Lipinski definition) is 1. The van der Waals surface area contributed by atoms with Crippen LogP contribution < -0.4 is 5.32 Å².